The van der Waals surface area contributed by atoms with Crippen LogP contribution in [0.3, 0.4) is 0 Å². The van der Waals surface area contributed by atoms with E-state index in [1.54, 1.807) is 11.3 Å². The van der Waals surface area contributed by atoms with Crippen LogP contribution < -0.4 is 30.6 Å². The molecule has 1 heteroatoms. The minimum atomic E-state index is 0.936. The Morgan fingerprint density at radius 2 is 1.36 bits per heavy atom. The third-order valence-electron chi connectivity index (χ3n) is 7.11. The van der Waals surface area contributed by atoms with Crippen LogP contribution in [0.4, 0.5) is 0 Å². The van der Waals surface area contributed by atoms with E-state index in [0.29, 0.717) is 0 Å². The number of allylic oxidation sites excluding steroid dienone is 10. The fraction of sp³-hybridized carbons (Fsp3) is 0.171. The molecule has 216 valence electrons. The third kappa shape index (κ3) is 7.16. The SMILES string of the molecule is C=C/C=c1c(C=C)c(/C=C\C)c(=C/C(=C)C(=C/C)/C=C(C)/C(/C=C\C)=c2\sc(/C=C\C)c(C=C)c2=C)/c(=C\C)c/1=C/C. The first-order valence-corrected chi connectivity index (χ1v) is 15.2. The molecule has 1 aromatic carbocycles. The van der Waals surface area contributed by atoms with Gasteiger partial charge < -0.3 is 0 Å². The molecule has 1 heterocycles. The standard InChI is InChI=1S/C41H46S/c1-13-22-36(41-30(12)32(18-6)40(42-41)25-16-4)29(11)26-31(17-5)28(10)27-39-34(20-8)33(19-7)37(23-14-2)35(21-9)38(39)24-15-3/h13-27H,2,6,9-10,12H2,1,3-5,7-8,11H3/b22-13-,24-15-,25-16-,29-26+,31-17+,33-19-,34-20-,37-23+,39-27+,41-36-. The molecule has 2 rings (SSSR count). The van der Waals surface area contributed by atoms with Gasteiger partial charge in [-0.1, -0.05) is 112 Å². The Morgan fingerprint density at radius 1 is 0.738 bits per heavy atom. The number of benzene rings is 1. The number of rotatable bonds is 10. The van der Waals surface area contributed by atoms with E-state index in [0.717, 1.165) is 69.6 Å². The summed E-state index contributed by atoms with van der Waals surface area (Å²) in [4.78, 5) is 1.17. The summed E-state index contributed by atoms with van der Waals surface area (Å²) in [7, 11) is 0. The second-order valence-electron chi connectivity index (χ2n) is 9.71. The molecule has 2 aromatic rings. The van der Waals surface area contributed by atoms with Crippen molar-refractivity contribution >= 4 is 72.1 Å². The summed E-state index contributed by atoms with van der Waals surface area (Å²) in [6, 6.07) is 0. The van der Waals surface area contributed by atoms with Gasteiger partial charge in [-0.2, -0.15) is 0 Å². The fourth-order valence-corrected chi connectivity index (χ4v) is 6.52. The Kier molecular flexibility index (Phi) is 13.2. The van der Waals surface area contributed by atoms with Gasteiger partial charge in [-0.3, -0.25) is 0 Å². The predicted molar refractivity (Wildman–Crippen MR) is 198 cm³/mol. The van der Waals surface area contributed by atoms with Gasteiger partial charge in [-0.05, 0) is 126 Å². The van der Waals surface area contributed by atoms with Gasteiger partial charge in [0.15, 0.2) is 0 Å². The van der Waals surface area contributed by atoms with Gasteiger partial charge in [-0.25, -0.2) is 0 Å². The lowest BCUT2D eigenvalue weighted by atomic mass is 9.93. The lowest BCUT2D eigenvalue weighted by Crippen LogP contribution is -2.50. The molecule has 42 heavy (non-hydrogen) atoms. The van der Waals surface area contributed by atoms with Gasteiger partial charge >= 0.3 is 0 Å². The minimum absolute atomic E-state index is 0.936. The van der Waals surface area contributed by atoms with Crippen molar-refractivity contribution in [1.82, 2.24) is 0 Å². The first kappa shape index (κ1) is 34.0. The number of hydrogen-bond donors (Lipinski definition) is 0. The molecule has 0 aliphatic heterocycles. The molecule has 0 atom stereocenters. The smallest absolute Gasteiger partial charge is 0.0424 e. The van der Waals surface area contributed by atoms with E-state index in [1.165, 1.54) is 4.88 Å². The number of thiophene rings is 1. The summed E-state index contributed by atoms with van der Waals surface area (Å²) in [5.74, 6) is 0. The fourth-order valence-electron chi connectivity index (χ4n) is 5.21. The Morgan fingerprint density at radius 3 is 1.86 bits per heavy atom. The maximum absolute atomic E-state index is 4.55. The van der Waals surface area contributed by atoms with Crippen molar-refractivity contribution in [2.75, 3.05) is 0 Å². The molecule has 0 amide bonds. The zero-order valence-electron chi connectivity index (χ0n) is 26.6. The molecular formula is C41H46S. The van der Waals surface area contributed by atoms with Gasteiger partial charge in [0.1, 0.15) is 0 Å². The minimum Gasteiger partial charge on any atom is -0.135 e. The summed E-state index contributed by atoms with van der Waals surface area (Å²) < 4.78 is 1.15. The highest BCUT2D eigenvalue weighted by Crippen LogP contribution is 2.21. The van der Waals surface area contributed by atoms with Gasteiger partial charge in [-0.15, -0.1) is 11.3 Å². The summed E-state index contributed by atoms with van der Waals surface area (Å²) in [5.41, 5.74) is 7.58. The van der Waals surface area contributed by atoms with Crippen LogP contribution in [0.25, 0.3) is 60.8 Å². The Balaban J connectivity index is 3.00. The Labute approximate surface area is 257 Å². The quantitative estimate of drug-likeness (QED) is 0.256. The first-order valence-electron chi connectivity index (χ1n) is 14.4. The average Bonchev–Trinajstić information content (AvgIpc) is 3.29. The summed E-state index contributed by atoms with van der Waals surface area (Å²) in [6.45, 7) is 35.6. The van der Waals surface area contributed by atoms with E-state index in [2.05, 4.69) is 134 Å². The topological polar surface area (TPSA) is 0 Å². The summed E-state index contributed by atoms with van der Waals surface area (Å²) >= 11 is 1.75. The van der Waals surface area contributed by atoms with Crippen molar-refractivity contribution in [3.63, 3.8) is 0 Å². The normalized spacial score (nSPS) is 15.5. The van der Waals surface area contributed by atoms with E-state index in [9.17, 15) is 0 Å². The van der Waals surface area contributed by atoms with Crippen molar-refractivity contribution in [2.45, 2.75) is 48.5 Å². The van der Waals surface area contributed by atoms with Crippen molar-refractivity contribution in [3.05, 3.63) is 138 Å². The zero-order valence-corrected chi connectivity index (χ0v) is 27.4. The maximum atomic E-state index is 4.55. The monoisotopic (exact) mass is 570 g/mol. The van der Waals surface area contributed by atoms with Crippen molar-refractivity contribution < 1.29 is 0 Å². The molecule has 0 radical (unpaired) electrons. The van der Waals surface area contributed by atoms with Crippen LogP contribution in [0.15, 0.2) is 85.6 Å². The van der Waals surface area contributed by atoms with E-state index >= 15 is 0 Å². The van der Waals surface area contributed by atoms with Crippen molar-refractivity contribution in [1.29, 1.82) is 0 Å². The molecule has 0 aliphatic rings. The molecule has 0 saturated heterocycles. The molecule has 1 aromatic heterocycles. The van der Waals surface area contributed by atoms with Crippen LogP contribution in [0.5, 0.6) is 0 Å². The number of hydrogen-bond acceptors (Lipinski definition) is 1. The van der Waals surface area contributed by atoms with E-state index in [1.807, 2.05) is 39.0 Å². The summed E-state index contributed by atoms with van der Waals surface area (Å²) in [5, 5.41) is 5.57. The van der Waals surface area contributed by atoms with Crippen LogP contribution >= 0.6 is 11.3 Å². The highest BCUT2D eigenvalue weighted by molar-refractivity contribution is 7.11. The molecule has 0 unspecified atom stereocenters. The second kappa shape index (κ2) is 16.3. The highest BCUT2D eigenvalue weighted by Gasteiger charge is 2.10. The van der Waals surface area contributed by atoms with Crippen LogP contribution in [-0.4, -0.2) is 0 Å². The average molecular weight is 571 g/mol. The van der Waals surface area contributed by atoms with Crippen LogP contribution in [0.2, 0.25) is 0 Å². The molecular weight excluding hydrogens is 525 g/mol. The molecule has 0 fully saturated rings. The first-order chi connectivity index (χ1) is 20.2. The summed E-state index contributed by atoms with van der Waals surface area (Å²) in [6.07, 6.45) is 31.3. The van der Waals surface area contributed by atoms with Crippen LogP contribution in [0.1, 0.15) is 70.0 Å². The molecule has 0 saturated carbocycles. The van der Waals surface area contributed by atoms with Crippen molar-refractivity contribution in [2.24, 2.45) is 0 Å². The van der Waals surface area contributed by atoms with Gasteiger partial charge in [0, 0.05) is 9.41 Å². The molecule has 0 nitrogen and oxygen atoms in total. The van der Waals surface area contributed by atoms with E-state index in [4.69, 9.17) is 0 Å². The van der Waals surface area contributed by atoms with Crippen LogP contribution in [-0.2, 0) is 0 Å². The molecule has 0 spiro atoms. The lowest BCUT2D eigenvalue weighted by molar-refractivity contribution is 1.34. The molecule has 0 aliphatic carbocycles. The van der Waals surface area contributed by atoms with Gasteiger partial charge in [0.25, 0.3) is 0 Å². The molecule has 0 bridgehead atoms. The highest BCUT2D eigenvalue weighted by atomic mass is 32.1. The van der Waals surface area contributed by atoms with Crippen LogP contribution in [0, 0.1) is 0 Å². The zero-order chi connectivity index (χ0) is 31.4. The lowest BCUT2D eigenvalue weighted by Gasteiger charge is -2.11. The Bertz CT molecular complexity index is 1900. The van der Waals surface area contributed by atoms with Gasteiger partial charge in [0.2, 0.25) is 0 Å². The van der Waals surface area contributed by atoms with E-state index in [-0.39, 0.29) is 0 Å². The van der Waals surface area contributed by atoms with Crippen molar-refractivity contribution in [3.8, 4) is 0 Å². The molecule has 0 N–H and O–H groups in total. The van der Waals surface area contributed by atoms with Gasteiger partial charge in [0.05, 0.1) is 0 Å². The second-order valence-corrected chi connectivity index (χ2v) is 10.8. The predicted octanol–water partition coefficient (Wildman–Crippen LogP) is 7.73. The maximum Gasteiger partial charge on any atom is 0.0424 e. The largest absolute Gasteiger partial charge is 0.135 e. The third-order valence-corrected chi connectivity index (χ3v) is 8.36. The van der Waals surface area contributed by atoms with E-state index < -0.39 is 0 Å². The Hall–Kier alpha value is -4.20.